The van der Waals surface area contributed by atoms with Gasteiger partial charge in [0, 0.05) is 18.3 Å². The molecule has 10 heteroatoms. The van der Waals surface area contributed by atoms with Gasteiger partial charge in [-0.15, -0.1) is 0 Å². The Labute approximate surface area is 174 Å². The van der Waals surface area contributed by atoms with Crippen LogP contribution in [0, 0.1) is 11.6 Å². The quantitative estimate of drug-likeness (QED) is 0.484. The highest BCUT2D eigenvalue weighted by Gasteiger charge is 2.16. The van der Waals surface area contributed by atoms with Crippen molar-refractivity contribution in [2.24, 2.45) is 0 Å². The molecule has 0 amide bonds. The first kappa shape index (κ1) is 19.2. The number of aromatic nitrogens is 5. The van der Waals surface area contributed by atoms with E-state index in [1.807, 2.05) is 0 Å². The minimum absolute atomic E-state index is 0.0567. The van der Waals surface area contributed by atoms with E-state index in [0.717, 1.165) is 0 Å². The van der Waals surface area contributed by atoms with E-state index in [9.17, 15) is 8.78 Å². The standard InChI is InChI=1S/C19H12Cl2F2N6/c20-14-3-1-5-16(17(14)21)29-19(26-27-28-29)25-10-11-6-7-12(22)9-13(11)18-15(23)4-2-8-24-18/h1-9H,10H2,(H,25,26,28). The molecule has 146 valence electrons. The van der Waals surface area contributed by atoms with Crippen LogP contribution in [0.15, 0.2) is 54.7 Å². The van der Waals surface area contributed by atoms with Crippen LogP contribution in [0.1, 0.15) is 5.56 Å². The van der Waals surface area contributed by atoms with Gasteiger partial charge in [-0.05, 0) is 52.4 Å². The van der Waals surface area contributed by atoms with Crippen molar-refractivity contribution in [3.8, 4) is 16.9 Å². The van der Waals surface area contributed by atoms with E-state index < -0.39 is 11.6 Å². The lowest BCUT2D eigenvalue weighted by Crippen LogP contribution is -2.09. The van der Waals surface area contributed by atoms with Crippen LogP contribution >= 0.6 is 23.2 Å². The molecule has 0 saturated carbocycles. The number of anilines is 1. The third-order valence-electron chi connectivity index (χ3n) is 4.15. The van der Waals surface area contributed by atoms with Crippen LogP contribution in [0.2, 0.25) is 10.0 Å². The van der Waals surface area contributed by atoms with E-state index in [1.165, 1.54) is 35.1 Å². The van der Waals surface area contributed by atoms with Gasteiger partial charge in [0.1, 0.15) is 17.3 Å². The fraction of sp³-hybridized carbons (Fsp3) is 0.0526. The third-order valence-corrected chi connectivity index (χ3v) is 4.96. The summed E-state index contributed by atoms with van der Waals surface area (Å²) in [5.74, 6) is -0.759. The van der Waals surface area contributed by atoms with Crippen LogP contribution in [0.25, 0.3) is 16.9 Å². The van der Waals surface area contributed by atoms with Gasteiger partial charge >= 0.3 is 0 Å². The maximum absolute atomic E-state index is 14.2. The van der Waals surface area contributed by atoms with Crippen LogP contribution in [0.5, 0.6) is 0 Å². The minimum Gasteiger partial charge on any atom is -0.349 e. The van der Waals surface area contributed by atoms with Gasteiger partial charge in [-0.2, -0.15) is 4.68 Å². The molecule has 4 aromatic rings. The summed E-state index contributed by atoms with van der Waals surface area (Å²) in [5.41, 5.74) is 1.48. The number of nitrogens with one attached hydrogen (secondary N) is 1. The summed E-state index contributed by atoms with van der Waals surface area (Å²) < 4.78 is 29.4. The maximum Gasteiger partial charge on any atom is 0.248 e. The second-order valence-corrected chi connectivity index (χ2v) is 6.76. The zero-order valence-corrected chi connectivity index (χ0v) is 16.2. The van der Waals surface area contributed by atoms with Crippen molar-refractivity contribution in [3.05, 3.63) is 82.0 Å². The summed E-state index contributed by atoms with van der Waals surface area (Å²) in [6.07, 6.45) is 1.45. The first-order chi connectivity index (χ1) is 14.0. The summed E-state index contributed by atoms with van der Waals surface area (Å²) >= 11 is 12.3. The Balaban J connectivity index is 1.66. The van der Waals surface area contributed by atoms with E-state index >= 15 is 0 Å². The molecule has 0 aliphatic carbocycles. The molecule has 1 N–H and O–H groups in total. The molecule has 0 fully saturated rings. The number of tetrazole rings is 1. The normalized spacial score (nSPS) is 10.9. The highest BCUT2D eigenvalue weighted by atomic mass is 35.5. The van der Waals surface area contributed by atoms with Gasteiger partial charge in [0.25, 0.3) is 0 Å². The number of halogens is 4. The van der Waals surface area contributed by atoms with E-state index in [4.69, 9.17) is 23.2 Å². The van der Waals surface area contributed by atoms with Crippen LogP contribution in [-0.2, 0) is 6.54 Å². The Bertz CT molecular complexity index is 1180. The van der Waals surface area contributed by atoms with Gasteiger partial charge in [-0.25, -0.2) is 8.78 Å². The Hall–Kier alpha value is -3.10. The van der Waals surface area contributed by atoms with Crippen molar-refractivity contribution in [3.63, 3.8) is 0 Å². The van der Waals surface area contributed by atoms with Crippen LogP contribution in [0.4, 0.5) is 14.7 Å². The van der Waals surface area contributed by atoms with Gasteiger partial charge in [0.15, 0.2) is 0 Å². The highest BCUT2D eigenvalue weighted by molar-refractivity contribution is 6.43. The number of benzene rings is 2. The van der Waals surface area contributed by atoms with Crippen LogP contribution < -0.4 is 5.32 Å². The SMILES string of the molecule is Fc1ccc(CNc2nnnn2-c2cccc(Cl)c2Cl)c(-c2ncccc2F)c1. The van der Waals surface area contributed by atoms with Gasteiger partial charge in [-0.1, -0.05) is 40.4 Å². The van der Waals surface area contributed by atoms with E-state index in [0.29, 0.717) is 26.9 Å². The van der Waals surface area contributed by atoms with Gasteiger partial charge < -0.3 is 5.32 Å². The number of rotatable bonds is 5. The predicted molar refractivity (Wildman–Crippen MR) is 106 cm³/mol. The largest absolute Gasteiger partial charge is 0.349 e. The molecule has 4 rings (SSSR count). The van der Waals surface area contributed by atoms with Gasteiger partial charge in [-0.3, -0.25) is 4.98 Å². The molecule has 0 radical (unpaired) electrons. The number of nitrogens with zero attached hydrogens (tertiary/aromatic N) is 5. The van der Waals surface area contributed by atoms with Crippen LogP contribution in [0.3, 0.4) is 0 Å². The topological polar surface area (TPSA) is 68.5 Å². The molecular formula is C19H12Cl2F2N6. The van der Waals surface area contributed by atoms with E-state index in [1.54, 1.807) is 24.3 Å². The molecule has 0 spiro atoms. The maximum atomic E-state index is 14.2. The number of hydrogen-bond donors (Lipinski definition) is 1. The molecule has 0 aliphatic rings. The molecule has 6 nitrogen and oxygen atoms in total. The van der Waals surface area contributed by atoms with Gasteiger partial charge in [0.2, 0.25) is 5.95 Å². The Morgan fingerprint density at radius 1 is 1.03 bits per heavy atom. The monoisotopic (exact) mass is 432 g/mol. The summed E-state index contributed by atoms with van der Waals surface area (Å²) in [5, 5.41) is 15.2. The average molecular weight is 433 g/mol. The predicted octanol–water partition coefficient (Wildman–Crippen LogP) is 4.92. The lowest BCUT2D eigenvalue weighted by Gasteiger charge is -2.12. The Morgan fingerprint density at radius 3 is 2.72 bits per heavy atom. The molecule has 29 heavy (non-hydrogen) atoms. The van der Waals surface area contributed by atoms with Crippen molar-refractivity contribution in [2.45, 2.75) is 6.54 Å². The Morgan fingerprint density at radius 2 is 1.90 bits per heavy atom. The number of hydrogen-bond acceptors (Lipinski definition) is 5. The smallest absolute Gasteiger partial charge is 0.248 e. The zero-order chi connectivity index (χ0) is 20.4. The summed E-state index contributed by atoms with van der Waals surface area (Å²) in [6, 6.07) is 11.9. The van der Waals surface area contributed by atoms with Crippen molar-refractivity contribution >= 4 is 29.2 Å². The first-order valence-electron chi connectivity index (χ1n) is 8.40. The average Bonchev–Trinajstić information content (AvgIpc) is 3.18. The fourth-order valence-electron chi connectivity index (χ4n) is 2.80. The molecular weight excluding hydrogens is 421 g/mol. The summed E-state index contributed by atoms with van der Waals surface area (Å²) in [6.45, 7) is 0.185. The molecule has 0 bridgehead atoms. The first-order valence-corrected chi connectivity index (χ1v) is 9.16. The number of pyridine rings is 1. The fourth-order valence-corrected chi connectivity index (χ4v) is 3.17. The summed E-state index contributed by atoms with van der Waals surface area (Å²) in [4.78, 5) is 4.03. The summed E-state index contributed by atoms with van der Waals surface area (Å²) in [7, 11) is 0. The zero-order valence-electron chi connectivity index (χ0n) is 14.7. The second-order valence-electron chi connectivity index (χ2n) is 5.98. The molecule has 2 aromatic carbocycles. The second kappa shape index (κ2) is 8.10. The molecule has 0 aliphatic heterocycles. The highest BCUT2D eigenvalue weighted by Crippen LogP contribution is 2.30. The lowest BCUT2D eigenvalue weighted by atomic mass is 10.0. The van der Waals surface area contributed by atoms with Crippen molar-refractivity contribution in [2.75, 3.05) is 5.32 Å². The lowest BCUT2D eigenvalue weighted by molar-refractivity contribution is 0.620. The van der Waals surface area contributed by atoms with Crippen LogP contribution in [-0.4, -0.2) is 25.2 Å². The van der Waals surface area contributed by atoms with Crippen molar-refractivity contribution in [1.29, 1.82) is 0 Å². The molecule has 2 heterocycles. The van der Waals surface area contributed by atoms with E-state index in [-0.39, 0.29) is 18.2 Å². The van der Waals surface area contributed by atoms with E-state index in [2.05, 4.69) is 25.8 Å². The van der Waals surface area contributed by atoms with Crippen molar-refractivity contribution in [1.82, 2.24) is 25.2 Å². The third kappa shape index (κ3) is 3.90. The Kier molecular flexibility index (Phi) is 5.37. The molecule has 0 atom stereocenters. The van der Waals surface area contributed by atoms with Gasteiger partial charge in [0.05, 0.1) is 15.7 Å². The molecule has 0 saturated heterocycles. The molecule has 2 aromatic heterocycles. The minimum atomic E-state index is -0.546. The molecule has 0 unspecified atom stereocenters. The van der Waals surface area contributed by atoms with Crippen molar-refractivity contribution < 1.29 is 8.78 Å².